The van der Waals surface area contributed by atoms with Crippen molar-refractivity contribution in [2.75, 3.05) is 0 Å². The minimum absolute atomic E-state index is 0.597. The average Bonchev–Trinajstić information content (AvgIpc) is 2.77. The van der Waals surface area contributed by atoms with Gasteiger partial charge in [0, 0.05) is 11.8 Å². The van der Waals surface area contributed by atoms with E-state index >= 15 is 0 Å². The SMILES string of the molecule is [c]1ncccc1-c1ncc2nc[nH]c2n1. The first-order valence-corrected chi connectivity index (χ1v) is 4.43. The highest BCUT2D eigenvalue weighted by molar-refractivity contribution is 5.71. The fraction of sp³-hybridized carbons (Fsp3) is 0. The molecule has 1 radical (unpaired) electrons. The van der Waals surface area contributed by atoms with E-state index in [0.29, 0.717) is 5.82 Å². The first-order valence-electron chi connectivity index (χ1n) is 4.43. The lowest BCUT2D eigenvalue weighted by atomic mass is 10.3. The maximum atomic E-state index is 4.31. The fourth-order valence-electron chi connectivity index (χ4n) is 1.32. The third-order valence-electron chi connectivity index (χ3n) is 2.02. The molecule has 3 aromatic rings. The molecule has 0 atom stereocenters. The number of rotatable bonds is 1. The highest BCUT2D eigenvalue weighted by Crippen LogP contribution is 2.14. The van der Waals surface area contributed by atoms with Gasteiger partial charge in [0.1, 0.15) is 11.7 Å². The van der Waals surface area contributed by atoms with Gasteiger partial charge in [-0.25, -0.2) is 15.0 Å². The molecule has 5 heteroatoms. The largest absolute Gasteiger partial charge is 0.329 e. The minimum atomic E-state index is 0.597. The smallest absolute Gasteiger partial charge is 0.163 e. The Balaban J connectivity index is 2.19. The Bertz CT molecular complexity index is 587. The molecular weight excluding hydrogens is 190 g/mol. The zero-order valence-corrected chi connectivity index (χ0v) is 7.68. The van der Waals surface area contributed by atoms with E-state index in [4.69, 9.17) is 0 Å². The predicted molar refractivity (Wildman–Crippen MR) is 53.8 cm³/mol. The topological polar surface area (TPSA) is 67.3 Å². The van der Waals surface area contributed by atoms with Crippen molar-refractivity contribution in [1.29, 1.82) is 0 Å². The Kier molecular flexibility index (Phi) is 1.68. The van der Waals surface area contributed by atoms with Crippen LogP contribution >= 0.6 is 0 Å². The van der Waals surface area contributed by atoms with Gasteiger partial charge in [0.15, 0.2) is 11.5 Å². The van der Waals surface area contributed by atoms with Crippen molar-refractivity contribution >= 4 is 11.2 Å². The van der Waals surface area contributed by atoms with Crippen molar-refractivity contribution in [3.05, 3.63) is 37.1 Å². The van der Waals surface area contributed by atoms with E-state index < -0.39 is 0 Å². The number of hydrogen-bond donors (Lipinski definition) is 1. The standard InChI is InChI=1S/C10H6N5/c1-2-7(4-11-3-1)9-12-5-8-10(15-9)14-6-13-8/h1-3,5-6H,(H,12,13,14,15). The lowest BCUT2D eigenvalue weighted by molar-refractivity contribution is 1.19. The summed E-state index contributed by atoms with van der Waals surface area (Å²) in [6.07, 6.45) is 7.77. The van der Waals surface area contributed by atoms with Gasteiger partial charge < -0.3 is 4.98 Å². The number of pyridine rings is 1. The molecule has 3 rings (SSSR count). The molecule has 3 heterocycles. The van der Waals surface area contributed by atoms with Gasteiger partial charge in [-0.05, 0) is 12.1 Å². The van der Waals surface area contributed by atoms with Crippen LogP contribution in [0.4, 0.5) is 0 Å². The van der Waals surface area contributed by atoms with E-state index in [1.54, 1.807) is 18.7 Å². The predicted octanol–water partition coefficient (Wildman–Crippen LogP) is 1.22. The second-order valence-electron chi connectivity index (χ2n) is 2.99. The number of nitrogens with one attached hydrogen (secondary N) is 1. The zero-order valence-electron chi connectivity index (χ0n) is 7.68. The lowest BCUT2D eigenvalue weighted by Crippen LogP contribution is -1.89. The molecule has 0 aliphatic heterocycles. The van der Waals surface area contributed by atoms with Gasteiger partial charge in [0.05, 0.1) is 12.5 Å². The minimum Gasteiger partial charge on any atom is -0.329 e. The summed E-state index contributed by atoms with van der Waals surface area (Å²) < 4.78 is 0. The Morgan fingerprint density at radius 2 is 2.27 bits per heavy atom. The van der Waals surface area contributed by atoms with E-state index in [0.717, 1.165) is 16.7 Å². The average molecular weight is 196 g/mol. The summed E-state index contributed by atoms with van der Waals surface area (Å²) >= 11 is 0. The number of nitrogens with zero attached hydrogens (tertiary/aromatic N) is 4. The summed E-state index contributed by atoms with van der Waals surface area (Å²) in [5, 5.41) is 0. The van der Waals surface area contributed by atoms with Crippen molar-refractivity contribution < 1.29 is 0 Å². The molecule has 0 saturated carbocycles. The van der Waals surface area contributed by atoms with Crippen molar-refractivity contribution in [3.63, 3.8) is 0 Å². The van der Waals surface area contributed by atoms with Crippen LogP contribution in [0.15, 0.2) is 30.9 Å². The Hall–Kier alpha value is -2.30. The van der Waals surface area contributed by atoms with E-state index in [2.05, 4.69) is 31.1 Å². The molecule has 0 aromatic carbocycles. The Morgan fingerprint density at radius 1 is 1.27 bits per heavy atom. The summed E-state index contributed by atoms with van der Waals surface area (Å²) in [4.78, 5) is 19.4. The highest BCUT2D eigenvalue weighted by Gasteiger charge is 2.03. The molecule has 15 heavy (non-hydrogen) atoms. The molecular formula is C10H6N5. The van der Waals surface area contributed by atoms with Gasteiger partial charge in [-0.15, -0.1) is 0 Å². The van der Waals surface area contributed by atoms with E-state index in [-0.39, 0.29) is 0 Å². The van der Waals surface area contributed by atoms with Crippen molar-refractivity contribution in [3.8, 4) is 11.4 Å². The lowest BCUT2D eigenvalue weighted by Gasteiger charge is -1.96. The molecule has 0 bridgehead atoms. The molecule has 0 saturated heterocycles. The van der Waals surface area contributed by atoms with Crippen LogP contribution in [0.1, 0.15) is 0 Å². The van der Waals surface area contributed by atoms with Gasteiger partial charge in [0.25, 0.3) is 0 Å². The van der Waals surface area contributed by atoms with Gasteiger partial charge in [-0.2, -0.15) is 0 Å². The molecule has 0 aliphatic rings. The van der Waals surface area contributed by atoms with Crippen LogP contribution in [0.5, 0.6) is 0 Å². The molecule has 1 N–H and O–H groups in total. The van der Waals surface area contributed by atoms with Crippen LogP contribution in [0.25, 0.3) is 22.6 Å². The van der Waals surface area contributed by atoms with Crippen molar-refractivity contribution in [2.45, 2.75) is 0 Å². The summed E-state index contributed by atoms with van der Waals surface area (Å²) in [6, 6.07) is 3.69. The van der Waals surface area contributed by atoms with Gasteiger partial charge in [-0.1, -0.05) is 0 Å². The summed E-state index contributed by atoms with van der Waals surface area (Å²) in [6.45, 7) is 0. The normalized spacial score (nSPS) is 10.7. The van der Waals surface area contributed by atoms with Crippen molar-refractivity contribution in [2.24, 2.45) is 0 Å². The van der Waals surface area contributed by atoms with E-state index in [1.165, 1.54) is 0 Å². The second-order valence-corrected chi connectivity index (χ2v) is 2.99. The van der Waals surface area contributed by atoms with Crippen LogP contribution in [0.3, 0.4) is 0 Å². The Labute approximate surface area is 85.3 Å². The first kappa shape index (κ1) is 8.05. The van der Waals surface area contributed by atoms with Gasteiger partial charge in [-0.3, -0.25) is 4.98 Å². The number of imidazole rings is 1. The van der Waals surface area contributed by atoms with E-state index in [9.17, 15) is 0 Å². The van der Waals surface area contributed by atoms with Gasteiger partial charge >= 0.3 is 0 Å². The quantitative estimate of drug-likeness (QED) is 0.635. The molecule has 3 aromatic heterocycles. The number of hydrogen-bond acceptors (Lipinski definition) is 4. The molecule has 0 unspecified atom stereocenters. The molecule has 5 nitrogen and oxygen atoms in total. The maximum Gasteiger partial charge on any atom is 0.163 e. The number of aromatic amines is 1. The van der Waals surface area contributed by atoms with E-state index in [1.807, 2.05) is 12.1 Å². The van der Waals surface area contributed by atoms with Crippen LogP contribution < -0.4 is 0 Å². The summed E-state index contributed by atoms with van der Waals surface area (Å²) in [7, 11) is 0. The number of aromatic nitrogens is 5. The third-order valence-corrected chi connectivity index (χ3v) is 2.02. The monoisotopic (exact) mass is 196 g/mol. The highest BCUT2D eigenvalue weighted by atomic mass is 15.0. The molecule has 0 fully saturated rings. The number of fused-ring (bicyclic) bond motifs is 1. The zero-order chi connectivity index (χ0) is 10.1. The van der Waals surface area contributed by atoms with Crippen LogP contribution in [0.2, 0.25) is 0 Å². The fourth-order valence-corrected chi connectivity index (χ4v) is 1.32. The van der Waals surface area contributed by atoms with Crippen LogP contribution in [-0.4, -0.2) is 24.9 Å². The molecule has 0 spiro atoms. The molecule has 0 amide bonds. The second kappa shape index (κ2) is 3.13. The van der Waals surface area contributed by atoms with Crippen LogP contribution in [0, 0.1) is 6.20 Å². The Morgan fingerprint density at radius 3 is 3.13 bits per heavy atom. The molecule has 71 valence electrons. The first-order chi connectivity index (χ1) is 7.43. The van der Waals surface area contributed by atoms with Crippen LogP contribution in [-0.2, 0) is 0 Å². The van der Waals surface area contributed by atoms with Gasteiger partial charge in [0.2, 0.25) is 0 Å². The maximum absolute atomic E-state index is 4.31. The number of H-pyrrole nitrogens is 1. The summed E-state index contributed by atoms with van der Waals surface area (Å²) in [5.74, 6) is 0.597. The molecule has 0 aliphatic carbocycles. The third kappa shape index (κ3) is 1.34. The summed E-state index contributed by atoms with van der Waals surface area (Å²) in [5.41, 5.74) is 2.24. The van der Waals surface area contributed by atoms with Crippen molar-refractivity contribution in [1.82, 2.24) is 24.9 Å².